The molecule has 2 rings (SSSR count). The third-order valence-electron chi connectivity index (χ3n) is 3.42. The van der Waals surface area contributed by atoms with Crippen molar-refractivity contribution in [3.05, 3.63) is 54.1 Å². The van der Waals surface area contributed by atoms with E-state index >= 15 is 0 Å². The van der Waals surface area contributed by atoms with Gasteiger partial charge in [-0.25, -0.2) is 0 Å². The van der Waals surface area contributed by atoms with Crippen LogP contribution in [0.2, 0.25) is 0 Å². The van der Waals surface area contributed by atoms with Crippen LogP contribution in [0, 0.1) is 5.41 Å². The lowest BCUT2D eigenvalue weighted by atomic mass is 9.95. The average molecular weight is 362 g/mol. The second-order valence-corrected chi connectivity index (χ2v) is 6.61. The molecule has 0 bridgehead atoms. The summed E-state index contributed by atoms with van der Waals surface area (Å²) >= 11 is 0. The summed E-state index contributed by atoms with van der Waals surface area (Å²) in [6.07, 6.45) is 0. The van der Waals surface area contributed by atoms with E-state index in [2.05, 4.69) is 15.4 Å². The number of carbonyl (C=O) groups excluding carboxylic acids is 2. The van der Waals surface area contributed by atoms with Crippen molar-refractivity contribution in [3.8, 4) is 5.75 Å². The van der Waals surface area contributed by atoms with E-state index in [1.807, 2.05) is 0 Å². The molecule has 0 heterocycles. The summed E-state index contributed by atoms with van der Waals surface area (Å²) in [5, 5.41) is 5.27. The summed E-state index contributed by atoms with van der Waals surface area (Å²) in [4.78, 5) is 24.5. The first-order chi connectivity index (χ1) is 12.2. The fourth-order valence-corrected chi connectivity index (χ4v) is 2.02. The molecule has 0 radical (unpaired) electrons. The van der Waals surface area contributed by atoms with E-state index in [1.165, 1.54) is 24.3 Å². The van der Waals surface area contributed by atoms with E-state index in [9.17, 15) is 18.4 Å². The number of para-hydroxylation sites is 2. The first kappa shape index (κ1) is 19.4. The maximum atomic E-state index is 12.5. The maximum Gasteiger partial charge on any atom is 0.387 e. The standard InChI is InChI=1S/C19H20F2N2O3/c1-19(2,3)17(25)22-13-8-6-7-12(11-13)16(24)23-14-9-4-5-10-15(14)26-18(20)21/h4-11,18H,1-3H3,(H,22,25)(H,23,24). The zero-order valence-corrected chi connectivity index (χ0v) is 14.7. The van der Waals surface area contributed by atoms with Gasteiger partial charge in [-0.3, -0.25) is 9.59 Å². The number of hydrogen-bond donors (Lipinski definition) is 2. The van der Waals surface area contributed by atoms with Crippen LogP contribution in [0.1, 0.15) is 31.1 Å². The van der Waals surface area contributed by atoms with Crippen molar-refractivity contribution in [2.45, 2.75) is 27.4 Å². The molecule has 26 heavy (non-hydrogen) atoms. The Kier molecular flexibility index (Phi) is 5.92. The molecule has 0 saturated carbocycles. The lowest BCUT2D eigenvalue weighted by molar-refractivity contribution is -0.123. The smallest absolute Gasteiger partial charge is 0.387 e. The highest BCUT2D eigenvalue weighted by Gasteiger charge is 2.21. The zero-order valence-electron chi connectivity index (χ0n) is 14.7. The van der Waals surface area contributed by atoms with Crippen molar-refractivity contribution in [1.82, 2.24) is 0 Å². The molecule has 2 N–H and O–H groups in total. The van der Waals surface area contributed by atoms with Crippen LogP contribution in [0.5, 0.6) is 5.75 Å². The Hall–Kier alpha value is -2.96. The van der Waals surface area contributed by atoms with Gasteiger partial charge in [0.25, 0.3) is 5.91 Å². The van der Waals surface area contributed by atoms with Gasteiger partial charge in [0.2, 0.25) is 5.91 Å². The number of ether oxygens (including phenoxy) is 1. The van der Waals surface area contributed by atoms with E-state index in [1.54, 1.807) is 45.0 Å². The van der Waals surface area contributed by atoms with Crippen LogP contribution in [-0.2, 0) is 4.79 Å². The van der Waals surface area contributed by atoms with Crippen LogP contribution in [0.15, 0.2) is 48.5 Å². The van der Waals surface area contributed by atoms with Crippen LogP contribution in [0.3, 0.4) is 0 Å². The van der Waals surface area contributed by atoms with Gasteiger partial charge in [-0.1, -0.05) is 39.0 Å². The van der Waals surface area contributed by atoms with Gasteiger partial charge in [0, 0.05) is 16.7 Å². The molecule has 5 nitrogen and oxygen atoms in total. The third-order valence-corrected chi connectivity index (χ3v) is 3.42. The van der Waals surface area contributed by atoms with E-state index in [-0.39, 0.29) is 22.9 Å². The molecule has 2 aromatic carbocycles. The highest BCUT2D eigenvalue weighted by Crippen LogP contribution is 2.26. The normalized spacial score (nSPS) is 11.2. The zero-order chi connectivity index (χ0) is 19.3. The first-order valence-electron chi connectivity index (χ1n) is 7.93. The van der Waals surface area contributed by atoms with Gasteiger partial charge >= 0.3 is 6.61 Å². The van der Waals surface area contributed by atoms with Gasteiger partial charge in [0.1, 0.15) is 5.75 Å². The molecule has 2 amide bonds. The summed E-state index contributed by atoms with van der Waals surface area (Å²) in [5.41, 5.74) is 0.282. The van der Waals surface area contributed by atoms with E-state index in [0.29, 0.717) is 5.69 Å². The van der Waals surface area contributed by atoms with E-state index in [4.69, 9.17) is 0 Å². The van der Waals surface area contributed by atoms with Crippen LogP contribution >= 0.6 is 0 Å². The lowest BCUT2D eigenvalue weighted by Crippen LogP contribution is -2.27. The number of anilines is 2. The monoisotopic (exact) mass is 362 g/mol. The molecule has 0 aliphatic rings. The van der Waals surface area contributed by atoms with E-state index in [0.717, 1.165) is 0 Å². The van der Waals surface area contributed by atoms with Crippen molar-refractivity contribution in [2.75, 3.05) is 10.6 Å². The predicted octanol–water partition coefficient (Wildman–Crippen LogP) is 4.52. The minimum Gasteiger partial charge on any atom is -0.433 e. The molecule has 0 fully saturated rings. The summed E-state index contributed by atoms with van der Waals surface area (Å²) in [6, 6.07) is 12.3. The fourth-order valence-electron chi connectivity index (χ4n) is 2.02. The molecule has 0 atom stereocenters. The topological polar surface area (TPSA) is 67.4 Å². The van der Waals surface area contributed by atoms with Crippen molar-refractivity contribution < 1.29 is 23.1 Å². The Morgan fingerprint density at radius 1 is 1.00 bits per heavy atom. The van der Waals surface area contributed by atoms with Gasteiger partial charge < -0.3 is 15.4 Å². The van der Waals surface area contributed by atoms with Crippen molar-refractivity contribution in [2.24, 2.45) is 5.41 Å². The molecular weight excluding hydrogens is 342 g/mol. The molecule has 7 heteroatoms. The number of amides is 2. The number of benzene rings is 2. The molecule has 138 valence electrons. The molecule has 0 saturated heterocycles. The number of hydrogen-bond acceptors (Lipinski definition) is 3. The largest absolute Gasteiger partial charge is 0.433 e. The average Bonchev–Trinajstić information content (AvgIpc) is 2.55. The van der Waals surface area contributed by atoms with Gasteiger partial charge in [-0.2, -0.15) is 8.78 Å². The summed E-state index contributed by atoms with van der Waals surface area (Å²) < 4.78 is 29.3. The lowest BCUT2D eigenvalue weighted by Gasteiger charge is -2.18. The molecule has 0 spiro atoms. The quantitative estimate of drug-likeness (QED) is 0.821. The third kappa shape index (κ3) is 5.27. The number of nitrogens with one attached hydrogen (secondary N) is 2. The molecular formula is C19H20F2N2O3. The molecule has 0 aromatic heterocycles. The van der Waals surface area contributed by atoms with E-state index < -0.39 is 17.9 Å². The van der Waals surface area contributed by atoms with Crippen LogP contribution in [-0.4, -0.2) is 18.4 Å². The minimum absolute atomic E-state index is 0.127. The van der Waals surface area contributed by atoms with Gasteiger partial charge in [-0.05, 0) is 30.3 Å². The van der Waals surface area contributed by atoms with Crippen LogP contribution in [0.25, 0.3) is 0 Å². The number of carbonyl (C=O) groups is 2. The maximum absolute atomic E-state index is 12.5. The second-order valence-electron chi connectivity index (χ2n) is 6.61. The van der Waals surface area contributed by atoms with Crippen molar-refractivity contribution in [3.63, 3.8) is 0 Å². The molecule has 2 aromatic rings. The van der Waals surface area contributed by atoms with Crippen LogP contribution in [0.4, 0.5) is 20.2 Å². The van der Waals surface area contributed by atoms with Crippen molar-refractivity contribution >= 4 is 23.2 Å². The molecule has 0 aliphatic carbocycles. The first-order valence-corrected chi connectivity index (χ1v) is 7.93. The van der Waals surface area contributed by atoms with Crippen molar-refractivity contribution in [1.29, 1.82) is 0 Å². The Morgan fingerprint density at radius 2 is 1.69 bits per heavy atom. The Bertz CT molecular complexity index is 801. The highest BCUT2D eigenvalue weighted by molar-refractivity contribution is 6.06. The predicted molar refractivity (Wildman–Crippen MR) is 95.6 cm³/mol. The summed E-state index contributed by atoms with van der Waals surface area (Å²) in [6.45, 7) is 2.33. The summed E-state index contributed by atoms with van der Waals surface area (Å²) in [5.74, 6) is -0.832. The summed E-state index contributed by atoms with van der Waals surface area (Å²) in [7, 11) is 0. The van der Waals surface area contributed by atoms with Crippen LogP contribution < -0.4 is 15.4 Å². The minimum atomic E-state index is -3.00. The van der Waals surface area contributed by atoms with Gasteiger partial charge in [-0.15, -0.1) is 0 Å². The number of rotatable bonds is 5. The molecule has 0 unspecified atom stereocenters. The Balaban J connectivity index is 2.16. The van der Waals surface area contributed by atoms with Gasteiger partial charge in [0.05, 0.1) is 5.69 Å². The molecule has 0 aliphatic heterocycles. The second kappa shape index (κ2) is 7.95. The Labute approximate surface area is 150 Å². The number of alkyl halides is 2. The SMILES string of the molecule is CC(C)(C)C(=O)Nc1cccc(C(=O)Nc2ccccc2OC(F)F)c1. The van der Waals surface area contributed by atoms with Gasteiger partial charge in [0.15, 0.2) is 0 Å². The number of halogens is 2. The highest BCUT2D eigenvalue weighted by atomic mass is 19.3. The Morgan fingerprint density at radius 3 is 2.35 bits per heavy atom. The fraction of sp³-hybridized carbons (Fsp3) is 0.263.